The summed E-state index contributed by atoms with van der Waals surface area (Å²) in [7, 11) is 0. The summed E-state index contributed by atoms with van der Waals surface area (Å²) in [5, 5.41) is 36.8. The van der Waals surface area contributed by atoms with Crippen LogP contribution in [0.2, 0.25) is 0 Å². The lowest BCUT2D eigenvalue weighted by Gasteiger charge is -2.72. The van der Waals surface area contributed by atoms with Crippen molar-refractivity contribution in [2.75, 3.05) is 0 Å². The molecule has 1 aromatic heterocycles. The minimum atomic E-state index is -0.757. The predicted octanol–water partition coefficient (Wildman–Crippen LogP) is 5.54. The summed E-state index contributed by atoms with van der Waals surface area (Å²) < 4.78 is 0. The third-order valence-electron chi connectivity index (χ3n) is 13.5. The Labute approximate surface area is 227 Å². The van der Waals surface area contributed by atoms with Crippen molar-refractivity contribution >= 4 is 5.78 Å². The number of ketones is 1. The number of aliphatic hydroxyl groups is 1. The van der Waals surface area contributed by atoms with Crippen LogP contribution in [0.1, 0.15) is 106 Å². The Morgan fingerprint density at radius 2 is 1.71 bits per heavy atom. The summed E-state index contributed by atoms with van der Waals surface area (Å²) in [4.78, 5) is 14.6. The van der Waals surface area contributed by atoms with Crippen LogP contribution >= 0.6 is 0 Å². The molecule has 7 heteroatoms. The minimum Gasteiger partial charge on any atom is -0.387 e. The number of H-pyrrole nitrogens is 1. The van der Waals surface area contributed by atoms with Gasteiger partial charge in [-0.2, -0.15) is 10.5 Å². The smallest absolute Gasteiger partial charge is 0.180 e. The molecule has 4 fully saturated rings. The van der Waals surface area contributed by atoms with E-state index in [1.807, 2.05) is 0 Å². The molecular formula is C31H45N5O2. The number of hydrogen-bond acceptors (Lipinski definition) is 6. The van der Waals surface area contributed by atoms with Crippen molar-refractivity contribution in [2.24, 2.45) is 50.7 Å². The average molecular weight is 520 g/mol. The minimum absolute atomic E-state index is 0.0302. The summed E-state index contributed by atoms with van der Waals surface area (Å²) in [5.74, 6) is 1.74. The maximum atomic E-state index is 14.6. The number of tetrazole rings is 1. The van der Waals surface area contributed by atoms with Crippen LogP contribution in [0, 0.1) is 62.1 Å². The third kappa shape index (κ3) is 3.04. The molecule has 4 saturated carbocycles. The SMILES string of the molecule is CC1(C)CC[C@]2(c3nn[nH]n3)CC[C@]3(C)C(C(=O)C[C@@H]4[C@@]5(C)C=C(C#N)C(O)C(C)(C)[C@@H]5CC[C@]43C)C2C1. The highest BCUT2D eigenvalue weighted by atomic mass is 16.3. The Hall–Kier alpha value is -2.07. The molecule has 6 rings (SSSR count). The van der Waals surface area contributed by atoms with E-state index < -0.39 is 11.5 Å². The molecule has 0 aliphatic heterocycles. The summed E-state index contributed by atoms with van der Waals surface area (Å²) in [6.07, 6.45) is 9.01. The molecule has 5 aliphatic carbocycles. The van der Waals surface area contributed by atoms with Gasteiger partial charge in [-0.25, -0.2) is 0 Å². The van der Waals surface area contributed by atoms with Gasteiger partial charge in [0.15, 0.2) is 5.82 Å². The zero-order chi connectivity index (χ0) is 27.5. The number of rotatable bonds is 1. The lowest BCUT2D eigenvalue weighted by Crippen LogP contribution is -2.69. The zero-order valence-corrected chi connectivity index (χ0v) is 24.3. The van der Waals surface area contributed by atoms with Crippen LogP contribution < -0.4 is 0 Å². The number of aromatic nitrogens is 4. The summed E-state index contributed by atoms with van der Waals surface area (Å²) >= 11 is 0. The van der Waals surface area contributed by atoms with Gasteiger partial charge in [0.05, 0.1) is 17.7 Å². The van der Waals surface area contributed by atoms with E-state index >= 15 is 0 Å². The molecule has 7 nitrogen and oxygen atoms in total. The number of Topliss-reactive ketones (excluding diaryl/α,β-unsaturated/α-hetero) is 1. The van der Waals surface area contributed by atoms with Gasteiger partial charge in [0.2, 0.25) is 0 Å². The van der Waals surface area contributed by atoms with Gasteiger partial charge in [-0.1, -0.05) is 59.8 Å². The number of aromatic amines is 1. The maximum absolute atomic E-state index is 14.6. The molecule has 1 aromatic rings. The summed E-state index contributed by atoms with van der Waals surface area (Å²) in [6, 6.07) is 2.32. The van der Waals surface area contributed by atoms with E-state index in [4.69, 9.17) is 0 Å². The topological polar surface area (TPSA) is 116 Å². The number of aliphatic hydroxyl groups excluding tert-OH is 1. The second-order valence-electron chi connectivity index (χ2n) is 15.8. The predicted molar refractivity (Wildman–Crippen MR) is 143 cm³/mol. The van der Waals surface area contributed by atoms with E-state index in [9.17, 15) is 15.2 Å². The second-order valence-corrected chi connectivity index (χ2v) is 15.8. The molecule has 5 aliphatic rings. The molecule has 0 spiro atoms. The first-order valence-electron chi connectivity index (χ1n) is 14.7. The van der Waals surface area contributed by atoms with E-state index in [2.05, 4.69) is 81.2 Å². The quantitative estimate of drug-likeness (QED) is 0.503. The third-order valence-corrected chi connectivity index (χ3v) is 13.5. The van der Waals surface area contributed by atoms with Crippen LogP contribution in [0.4, 0.5) is 0 Å². The number of nitrogens with zero attached hydrogens (tertiary/aromatic N) is 4. The molecule has 2 N–H and O–H groups in total. The fourth-order valence-corrected chi connectivity index (χ4v) is 11.2. The largest absolute Gasteiger partial charge is 0.387 e. The fourth-order valence-electron chi connectivity index (χ4n) is 11.2. The molecule has 9 atom stereocenters. The van der Waals surface area contributed by atoms with Crippen LogP contribution in [0.15, 0.2) is 11.6 Å². The van der Waals surface area contributed by atoms with E-state index in [-0.39, 0.29) is 50.7 Å². The standard InChI is InChI=1S/C31H45N5O2/c1-26(2)10-12-31(25-33-35-36-34-25)13-11-30(7)23(19(31)16-26)20(37)14-22-28(5)15-18(17-32)24(38)27(3,4)21(28)8-9-29(22,30)6/h15,19,21-24,38H,8-14,16H2,1-7H3,(H,33,34,35,36)/t19?,21-,22+,23?,24?,28-,29+,30+,31-/m0/s1. The molecule has 3 unspecified atom stereocenters. The van der Waals surface area contributed by atoms with Crippen LogP contribution in [-0.2, 0) is 10.2 Å². The molecule has 206 valence electrons. The van der Waals surface area contributed by atoms with E-state index in [0.717, 1.165) is 50.8 Å². The maximum Gasteiger partial charge on any atom is 0.180 e. The van der Waals surface area contributed by atoms with Crippen LogP contribution in [-0.4, -0.2) is 37.6 Å². The monoisotopic (exact) mass is 519 g/mol. The van der Waals surface area contributed by atoms with Crippen LogP contribution in [0.5, 0.6) is 0 Å². The molecule has 0 radical (unpaired) electrons. The van der Waals surface area contributed by atoms with Crippen molar-refractivity contribution < 1.29 is 9.90 Å². The Balaban J connectivity index is 1.48. The van der Waals surface area contributed by atoms with Gasteiger partial charge in [-0.3, -0.25) is 4.79 Å². The summed E-state index contributed by atoms with van der Waals surface area (Å²) in [5.41, 5.74) is -0.456. The number of nitrogens with one attached hydrogen (secondary N) is 1. The number of nitriles is 1. The molecule has 0 aromatic carbocycles. The first kappa shape index (κ1) is 26.2. The first-order valence-corrected chi connectivity index (χ1v) is 14.7. The highest BCUT2D eigenvalue weighted by Crippen LogP contribution is 2.75. The molecule has 0 bridgehead atoms. The van der Waals surface area contributed by atoms with E-state index in [0.29, 0.717) is 17.8 Å². The first-order chi connectivity index (χ1) is 17.7. The van der Waals surface area contributed by atoms with Crippen molar-refractivity contribution in [3.63, 3.8) is 0 Å². The van der Waals surface area contributed by atoms with Gasteiger partial charge < -0.3 is 5.11 Å². The Morgan fingerprint density at radius 1 is 1.00 bits per heavy atom. The van der Waals surface area contributed by atoms with Crippen LogP contribution in [0.25, 0.3) is 0 Å². The van der Waals surface area contributed by atoms with Crippen LogP contribution in [0.3, 0.4) is 0 Å². The molecule has 1 heterocycles. The highest BCUT2D eigenvalue weighted by molar-refractivity contribution is 5.84. The Morgan fingerprint density at radius 3 is 2.37 bits per heavy atom. The number of fused-ring (bicyclic) bond motifs is 7. The van der Waals surface area contributed by atoms with Gasteiger partial charge in [0.25, 0.3) is 0 Å². The number of allylic oxidation sites excluding steroid dienone is 1. The molecule has 0 saturated heterocycles. The number of carbonyl (C=O) groups is 1. The average Bonchev–Trinajstić information content (AvgIpc) is 3.38. The molecule has 38 heavy (non-hydrogen) atoms. The van der Waals surface area contributed by atoms with Gasteiger partial charge in [0, 0.05) is 17.8 Å². The van der Waals surface area contributed by atoms with Crippen molar-refractivity contribution in [1.82, 2.24) is 20.6 Å². The molecular weight excluding hydrogens is 474 g/mol. The number of carbonyl (C=O) groups excluding carboxylic acids is 1. The van der Waals surface area contributed by atoms with Crippen molar-refractivity contribution in [1.29, 1.82) is 5.26 Å². The second kappa shape index (κ2) is 7.77. The van der Waals surface area contributed by atoms with Gasteiger partial charge in [-0.15, -0.1) is 10.2 Å². The fraction of sp³-hybridized carbons (Fsp3) is 0.839. The van der Waals surface area contributed by atoms with Crippen molar-refractivity contribution in [3.05, 3.63) is 17.5 Å². The normalized spacial score (nSPS) is 49.0. The number of hydrogen-bond donors (Lipinski definition) is 2. The van der Waals surface area contributed by atoms with Gasteiger partial charge in [-0.05, 0) is 89.8 Å². The Kier molecular flexibility index (Phi) is 5.35. The van der Waals surface area contributed by atoms with Gasteiger partial charge in [0.1, 0.15) is 5.78 Å². The Bertz CT molecular complexity index is 1230. The van der Waals surface area contributed by atoms with E-state index in [1.54, 1.807) is 0 Å². The lowest BCUT2D eigenvalue weighted by atomic mass is 9.31. The summed E-state index contributed by atoms with van der Waals surface area (Å²) in [6.45, 7) is 16.1. The van der Waals surface area contributed by atoms with Crippen molar-refractivity contribution in [3.8, 4) is 6.07 Å². The lowest BCUT2D eigenvalue weighted by molar-refractivity contribution is -0.219. The zero-order valence-electron chi connectivity index (χ0n) is 24.3. The van der Waals surface area contributed by atoms with Crippen molar-refractivity contribution in [2.45, 2.75) is 111 Å². The highest BCUT2D eigenvalue weighted by Gasteiger charge is 2.72. The molecule has 0 amide bonds. The van der Waals surface area contributed by atoms with E-state index in [1.165, 1.54) is 0 Å². The van der Waals surface area contributed by atoms with Gasteiger partial charge >= 0.3 is 0 Å².